The second kappa shape index (κ2) is 5.45. The van der Waals surface area contributed by atoms with Gasteiger partial charge in [-0.2, -0.15) is 0 Å². The van der Waals surface area contributed by atoms with E-state index in [1.165, 1.54) is 24.3 Å². The van der Waals surface area contributed by atoms with Crippen LogP contribution < -0.4 is 11.1 Å². The van der Waals surface area contributed by atoms with Crippen molar-refractivity contribution in [3.05, 3.63) is 64.0 Å². The number of hydrogen-bond acceptors (Lipinski definition) is 4. The number of para-hydroxylation sites is 1. The summed E-state index contributed by atoms with van der Waals surface area (Å²) in [7, 11) is 0. The molecule has 0 unspecified atom stereocenters. The van der Waals surface area contributed by atoms with Gasteiger partial charge in [0.2, 0.25) is 0 Å². The maximum Gasteiger partial charge on any atom is 0.292 e. The Morgan fingerprint density at radius 2 is 1.95 bits per heavy atom. The SMILES string of the molecule is NCc1ccc(Nc2ccccc2F)c([N+](=O)[O-])c1. The van der Waals surface area contributed by atoms with Crippen LogP contribution in [0.1, 0.15) is 5.56 Å². The average molecular weight is 261 g/mol. The Kier molecular flexibility index (Phi) is 3.72. The van der Waals surface area contributed by atoms with Crippen LogP contribution >= 0.6 is 0 Å². The lowest BCUT2D eigenvalue weighted by Crippen LogP contribution is -2.02. The minimum absolute atomic E-state index is 0.133. The second-order valence-electron chi connectivity index (χ2n) is 3.92. The van der Waals surface area contributed by atoms with Crippen molar-refractivity contribution in [3.63, 3.8) is 0 Å². The lowest BCUT2D eigenvalue weighted by Gasteiger charge is -2.09. The minimum Gasteiger partial charge on any atom is -0.348 e. The zero-order valence-electron chi connectivity index (χ0n) is 9.97. The molecule has 0 aliphatic rings. The number of halogens is 1. The van der Waals surface area contributed by atoms with Crippen molar-refractivity contribution >= 4 is 17.1 Å². The molecule has 5 nitrogen and oxygen atoms in total. The maximum absolute atomic E-state index is 13.5. The molecule has 0 aromatic heterocycles. The van der Waals surface area contributed by atoms with E-state index in [0.29, 0.717) is 5.56 Å². The van der Waals surface area contributed by atoms with Gasteiger partial charge in [0, 0.05) is 12.6 Å². The molecule has 0 saturated heterocycles. The van der Waals surface area contributed by atoms with Gasteiger partial charge in [-0.15, -0.1) is 0 Å². The van der Waals surface area contributed by atoms with Gasteiger partial charge >= 0.3 is 0 Å². The van der Waals surface area contributed by atoms with Crippen LogP contribution in [0.3, 0.4) is 0 Å². The minimum atomic E-state index is -0.525. The molecule has 0 spiro atoms. The fourth-order valence-corrected chi connectivity index (χ4v) is 1.67. The Labute approximate surface area is 109 Å². The molecule has 0 aliphatic carbocycles. The largest absolute Gasteiger partial charge is 0.348 e. The molecule has 3 N–H and O–H groups in total. The topological polar surface area (TPSA) is 81.2 Å². The molecule has 0 fully saturated rings. The van der Waals surface area contributed by atoms with E-state index < -0.39 is 10.7 Å². The molecule has 6 heteroatoms. The van der Waals surface area contributed by atoms with Crippen LogP contribution in [0.2, 0.25) is 0 Å². The van der Waals surface area contributed by atoms with E-state index in [1.54, 1.807) is 18.2 Å². The molecule has 0 bridgehead atoms. The van der Waals surface area contributed by atoms with Gasteiger partial charge in [0.15, 0.2) is 0 Å². The van der Waals surface area contributed by atoms with Crippen molar-refractivity contribution < 1.29 is 9.31 Å². The second-order valence-corrected chi connectivity index (χ2v) is 3.92. The first-order valence-corrected chi connectivity index (χ1v) is 5.60. The zero-order chi connectivity index (χ0) is 13.8. The third-order valence-electron chi connectivity index (χ3n) is 2.64. The molecule has 0 saturated carbocycles. The highest BCUT2D eigenvalue weighted by Gasteiger charge is 2.15. The summed E-state index contributed by atoms with van der Waals surface area (Å²) in [4.78, 5) is 10.5. The predicted molar refractivity (Wildman–Crippen MR) is 70.7 cm³/mol. The highest BCUT2D eigenvalue weighted by atomic mass is 19.1. The van der Waals surface area contributed by atoms with Crippen LogP contribution in [0, 0.1) is 15.9 Å². The van der Waals surface area contributed by atoms with Gasteiger partial charge in [0.25, 0.3) is 5.69 Å². The van der Waals surface area contributed by atoms with E-state index in [9.17, 15) is 14.5 Å². The van der Waals surface area contributed by atoms with E-state index in [2.05, 4.69) is 5.32 Å². The number of rotatable bonds is 4. The third-order valence-corrected chi connectivity index (χ3v) is 2.64. The first kappa shape index (κ1) is 13.0. The summed E-state index contributed by atoms with van der Waals surface area (Å²) in [6.45, 7) is 0.209. The summed E-state index contributed by atoms with van der Waals surface area (Å²) >= 11 is 0. The summed E-state index contributed by atoms with van der Waals surface area (Å²) < 4.78 is 13.5. The van der Waals surface area contributed by atoms with Crippen LogP contribution in [0.5, 0.6) is 0 Å². The molecule has 2 aromatic rings. The number of nitrogens with one attached hydrogen (secondary N) is 1. The lowest BCUT2D eigenvalue weighted by molar-refractivity contribution is -0.384. The number of nitrogens with zero attached hydrogens (tertiary/aromatic N) is 1. The van der Waals surface area contributed by atoms with Crippen molar-refractivity contribution in [2.75, 3.05) is 5.32 Å². The average Bonchev–Trinajstić information content (AvgIpc) is 2.41. The first-order valence-electron chi connectivity index (χ1n) is 5.60. The molecule has 0 aliphatic heterocycles. The van der Waals surface area contributed by atoms with Gasteiger partial charge in [0.1, 0.15) is 11.5 Å². The molecular formula is C13H12FN3O2. The molecule has 19 heavy (non-hydrogen) atoms. The smallest absolute Gasteiger partial charge is 0.292 e. The Morgan fingerprint density at radius 3 is 2.58 bits per heavy atom. The van der Waals surface area contributed by atoms with Crippen LogP contribution in [0.25, 0.3) is 0 Å². The highest BCUT2D eigenvalue weighted by Crippen LogP contribution is 2.29. The summed E-state index contributed by atoms with van der Waals surface area (Å²) in [5.74, 6) is -0.473. The van der Waals surface area contributed by atoms with Crippen molar-refractivity contribution in [2.24, 2.45) is 5.73 Å². The molecule has 98 valence electrons. The van der Waals surface area contributed by atoms with Crippen LogP contribution in [0.4, 0.5) is 21.5 Å². The molecule has 2 rings (SSSR count). The summed E-state index contributed by atoms with van der Waals surface area (Å²) in [6.07, 6.45) is 0. The summed E-state index contributed by atoms with van der Waals surface area (Å²) in [5.41, 5.74) is 6.37. The summed E-state index contributed by atoms with van der Waals surface area (Å²) in [6, 6.07) is 10.5. The van der Waals surface area contributed by atoms with Gasteiger partial charge in [-0.3, -0.25) is 10.1 Å². The van der Waals surface area contributed by atoms with Gasteiger partial charge in [-0.1, -0.05) is 18.2 Å². The number of anilines is 2. The molecule has 0 radical (unpaired) electrons. The predicted octanol–water partition coefficient (Wildman–Crippen LogP) is 2.94. The van der Waals surface area contributed by atoms with Crippen molar-refractivity contribution in [1.82, 2.24) is 0 Å². The Balaban J connectivity index is 2.40. The normalized spacial score (nSPS) is 10.2. The van der Waals surface area contributed by atoms with Crippen molar-refractivity contribution in [2.45, 2.75) is 6.54 Å². The fourth-order valence-electron chi connectivity index (χ4n) is 1.67. The van der Waals surface area contributed by atoms with Gasteiger partial charge < -0.3 is 11.1 Å². The lowest BCUT2D eigenvalue weighted by atomic mass is 10.1. The standard InChI is InChI=1S/C13H12FN3O2/c14-10-3-1-2-4-11(10)16-12-6-5-9(8-15)7-13(12)17(18)19/h1-7,16H,8,15H2. The molecular weight excluding hydrogens is 249 g/mol. The molecule has 0 heterocycles. The number of hydrogen-bond donors (Lipinski definition) is 2. The Bertz CT molecular complexity index is 617. The number of nitro groups is 1. The number of nitro benzene ring substituents is 1. The molecule has 2 aromatic carbocycles. The fraction of sp³-hybridized carbons (Fsp3) is 0.0769. The number of nitrogens with two attached hydrogens (primary N) is 1. The van der Waals surface area contributed by atoms with E-state index in [0.717, 1.165) is 0 Å². The van der Waals surface area contributed by atoms with Crippen LogP contribution in [0.15, 0.2) is 42.5 Å². The van der Waals surface area contributed by atoms with E-state index in [1.807, 2.05) is 0 Å². The maximum atomic E-state index is 13.5. The van der Waals surface area contributed by atoms with Crippen LogP contribution in [-0.4, -0.2) is 4.92 Å². The number of benzene rings is 2. The summed E-state index contributed by atoms with van der Waals surface area (Å²) in [5, 5.41) is 13.7. The third kappa shape index (κ3) is 2.86. The van der Waals surface area contributed by atoms with Gasteiger partial charge in [-0.25, -0.2) is 4.39 Å². The van der Waals surface area contributed by atoms with Crippen molar-refractivity contribution in [3.8, 4) is 0 Å². The van der Waals surface area contributed by atoms with Gasteiger partial charge in [-0.05, 0) is 23.8 Å². The molecule has 0 amide bonds. The van der Waals surface area contributed by atoms with E-state index >= 15 is 0 Å². The monoisotopic (exact) mass is 261 g/mol. The van der Waals surface area contributed by atoms with E-state index in [-0.39, 0.29) is 23.6 Å². The first-order chi connectivity index (χ1) is 9.11. The Hall–Kier alpha value is -2.47. The Morgan fingerprint density at radius 1 is 1.21 bits per heavy atom. The highest BCUT2D eigenvalue weighted by molar-refractivity contribution is 5.70. The zero-order valence-corrected chi connectivity index (χ0v) is 9.97. The van der Waals surface area contributed by atoms with Crippen LogP contribution in [-0.2, 0) is 6.54 Å². The van der Waals surface area contributed by atoms with Gasteiger partial charge in [0.05, 0.1) is 10.6 Å². The van der Waals surface area contributed by atoms with Crippen molar-refractivity contribution in [1.29, 1.82) is 0 Å². The van der Waals surface area contributed by atoms with E-state index in [4.69, 9.17) is 5.73 Å². The quantitative estimate of drug-likeness (QED) is 0.655. The molecule has 0 atom stereocenters.